The molecule has 0 bridgehead atoms. The van der Waals surface area contributed by atoms with Crippen LogP contribution in [0.4, 0.5) is 0 Å². The molecule has 9 rings (SSSR count). The van der Waals surface area contributed by atoms with Crippen LogP contribution >= 0.6 is 0 Å². The van der Waals surface area contributed by atoms with Crippen LogP contribution in [0.3, 0.4) is 0 Å². The van der Waals surface area contributed by atoms with Crippen LogP contribution in [0.1, 0.15) is 141 Å². The molecule has 11 heteroatoms. The number of esters is 2. The van der Waals surface area contributed by atoms with Gasteiger partial charge in [0.15, 0.2) is 11.9 Å². The van der Waals surface area contributed by atoms with E-state index >= 15 is 4.79 Å². The first-order valence-electron chi connectivity index (χ1n) is 21.8. The highest BCUT2D eigenvalue weighted by atomic mass is 16.7. The largest absolute Gasteiger partial charge is 0.469 e. The highest BCUT2D eigenvalue weighted by Crippen LogP contribution is 2.80. The van der Waals surface area contributed by atoms with E-state index in [1.165, 1.54) is 44.9 Å². The van der Waals surface area contributed by atoms with E-state index in [9.17, 15) is 14.7 Å². The quantitative estimate of drug-likeness (QED) is 0.129. The van der Waals surface area contributed by atoms with Crippen molar-refractivity contribution in [2.75, 3.05) is 19.8 Å². The van der Waals surface area contributed by atoms with E-state index in [0.717, 1.165) is 56.6 Å². The van der Waals surface area contributed by atoms with Gasteiger partial charge in [-0.2, -0.15) is 0 Å². The molecule has 5 saturated heterocycles. The molecule has 8 fully saturated rings. The molecular formula is C44H64N2O9. The van der Waals surface area contributed by atoms with Crippen LogP contribution in [0.15, 0.2) is 16.7 Å². The van der Waals surface area contributed by atoms with Gasteiger partial charge in [-0.15, -0.1) is 0 Å². The Bertz CT molecular complexity index is 1650. The molecule has 0 amide bonds. The third-order valence-corrected chi connectivity index (χ3v) is 17.0. The van der Waals surface area contributed by atoms with Crippen molar-refractivity contribution in [3.63, 3.8) is 0 Å². The lowest BCUT2D eigenvalue weighted by atomic mass is 9.36. The van der Waals surface area contributed by atoms with E-state index in [2.05, 4.69) is 24.5 Å². The number of Topliss-reactive ketones (excluding diaryl/α,β-unsaturated/α-hetero) is 1. The molecule has 8 aliphatic rings. The second kappa shape index (κ2) is 13.9. The highest BCUT2D eigenvalue weighted by molar-refractivity contribution is 5.92. The molecule has 5 aliphatic heterocycles. The first-order chi connectivity index (χ1) is 26.4. The summed E-state index contributed by atoms with van der Waals surface area (Å²) in [5.74, 6) is 0.0229. The van der Waals surface area contributed by atoms with E-state index in [4.69, 9.17) is 23.4 Å². The number of aliphatic hydroxyl groups is 1. The maximum absolute atomic E-state index is 15.1. The fourth-order valence-electron chi connectivity index (χ4n) is 14.1. The molecule has 0 aromatic carbocycles. The number of rotatable bonds is 12. The SMILES string of the molecule is CC(CCC1(C)OC2CC(=O)OCC23C1C(=O)C(O)C1(C)C3CCC2(C)C(c3ccoc3CCCCCCC3CNCN3)OC(=O)C3OC321)C1CCCCC1. The molecular weight excluding hydrogens is 700 g/mol. The van der Waals surface area contributed by atoms with Gasteiger partial charge in [-0.3, -0.25) is 9.59 Å². The molecule has 55 heavy (non-hydrogen) atoms. The first kappa shape index (κ1) is 38.2. The number of unbranched alkanes of at least 4 members (excludes halogenated alkanes) is 3. The lowest BCUT2D eigenvalue weighted by Gasteiger charge is -2.66. The van der Waals surface area contributed by atoms with Crippen LogP contribution in [-0.2, 0) is 39.8 Å². The number of hydrogen-bond acceptors (Lipinski definition) is 11. The number of epoxide rings is 1. The predicted molar refractivity (Wildman–Crippen MR) is 201 cm³/mol. The van der Waals surface area contributed by atoms with Gasteiger partial charge in [-0.1, -0.05) is 72.1 Å². The molecule has 13 unspecified atom stereocenters. The number of furan rings is 1. The number of nitrogens with one attached hydrogen (secondary N) is 2. The second-order valence-electron chi connectivity index (χ2n) is 19.7. The van der Waals surface area contributed by atoms with Crippen molar-refractivity contribution in [3.8, 4) is 0 Å². The smallest absolute Gasteiger partial charge is 0.339 e. The Morgan fingerprint density at radius 1 is 0.982 bits per heavy atom. The summed E-state index contributed by atoms with van der Waals surface area (Å²) in [6.45, 7) is 10.5. The van der Waals surface area contributed by atoms with Crippen molar-refractivity contribution >= 4 is 17.7 Å². The van der Waals surface area contributed by atoms with Crippen molar-refractivity contribution in [3.05, 3.63) is 23.7 Å². The van der Waals surface area contributed by atoms with Crippen molar-refractivity contribution in [2.24, 2.45) is 39.9 Å². The fraction of sp³-hybridized carbons (Fsp3) is 0.841. The number of hydrogen-bond donors (Lipinski definition) is 3. The van der Waals surface area contributed by atoms with Crippen molar-refractivity contribution in [1.82, 2.24) is 10.6 Å². The average molecular weight is 765 g/mol. The molecule has 1 aromatic rings. The van der Waals surface area contributed by atoms with Gasteiger partial charge < -0.3 is 39.1 Å². The molecule has 3 N–H and O–H groups in total. The summed E-state index contributed by atoms with van der Waals surface area (Å²) < 4.78 is 32.1. The van der Waals surface area contributed by atoms with E-state index in [1.807, 2.05) is 19.9 Å². The van der Waals surface area contributed by atoms with Crippen molar-refractivity contribution < 1.29 is 42.9 Å². The number of aryl methyl sites for hydroxylation is 1. The van der Waals surface area contributed by atoms with Gasteiger partial charge in [0.05, 0.1) is 30.3 Å². The van der Waals surface area contributed by atoms with Crippen LogP contribution in [0, 0.1) is 39.9 Å². The summed E-state index contributed by atoms with van der Waals surface area (Å²) in [4.78, 5) is 42.1. The lowest BCUT2D eigenvalue weighted by molar-refractivity contribution is -0.252. The first-order valence-corrected chi connectivity index (χ1v) is 21.8. The Morgan fingerprint density at radius 2 is 1.78 bits per heavy atom. The predicted octanol–water partition coefficient (Wildman–Crippen LogP) is 6.10. The highest BCUT2D eigenvalue weighted by Gasteiger charge is 2.91. The summed E-state index contributed by atoms with van der Waals surface area (Å²) in [5, 5.41) is 19.5. The van der Waals surface area contributed by atoms with E-state index < -0.39 is 63.8 Å². The molecule has 11 nitrogen and oxygen atoms in total. The number of fused-ring (bicyclic) bond motifs is 1. The third-order valence-electron chi connectivity index (χ3n) is 17.0. The van der Waals surface area contributed by atoms with Gasteiger partial charge in [0.25, 0.3) is 0 Å². The molecule has 0 radical (unpaired) electrons. The average Bonchev–Trinajstić information content (AvgIpc) is 3.41. The van der Waals surface area contributed by atoms with Crippen molar-refractivity contribution in [2.45, 2.75) is 172 Å². The summed E-state index contributed by atoms with van der Waals surface area (Å²) in [5.41, 5.74) is -3.90. The molecule has 1 aromatic heterocycles. The number of cyclic esters (lactones) is 2. The second-order valence-corrected chi connectivity index (χ2v) is 19.7. The molecule has 3 saturated carbocycles. The molecule has 3 aliphatic carbocycles. The summed E-state index contributed by atoms with van der Waals surface area (Å²) in [6, 6.07) is 2.49. The lowest BCUT2D eigenvalue weighted by Crippen LogP contribution is -2.76. The Morgan fingerprint density at radius 3 is 2.56 bits per heavy atom. The summed E-state index contributed by atoms with van der Waals surface area (Å²) >= 11 is 0. The van der Waals surface area contributed by atoms with Gasteiger partial charge >= 0.3 is 11.9 Å². The van der Waals surface area contributed by atoms with E-state index in [0.29, 0.717) is 37.1 Å². The monoisotopic (exact) mass is 764 g/mol. The fourth-order valence-corrected chi connectivity index (χ4v) is 14.1. The minimum absolute atomic E-state index is 0.0684. The zero-order valence-corrected chi connectivity index (χ0v) is 33.5. The maximum atomic E-state index is 15.1. The number of aliphatic hydroxyl groups excluding tert-OH is 1. The van der Waals surface area contributed by atoms with Gasteiger partial charge in [0.1, 0.15) is 30.2 Å². The Balaban J connectivity index is 0.994. The zero-order valence-electron chi connectivity index (χ0n) is 33.5. The summed E-state index contributed by atoms with van der Waals surface area (Å²) in [7, 11) is 0. The molecule has 6 heterocycles. The number of ketones is 1. The summed E-state index contributed by atoms with van der Waals surface area (Å²) in [6.07, 6.45) is 13.8. The topological polar surface area (TPSA) is 149 Å². The Labute approximate surface area is 326 Å². The molecule has 2 spiro atoms. The third kappa shape index (κ3) is 5.55. The standard InChI is InChI=1S/C44H64N2O9/c1-26(27-12-8-7-9-13-27)16-20-41(3)35-34(48)36(49)42(4)31(43(35)24-52-33(47)22-32(43)54-41)17-19-40(2)37(53-39(50)38-44(40,42)55-38)29-18-21-51-30(29)15-11-6-5-10-14-28-23-45-25-46-28/h18,21,26-28,31-32,35-38,45-46,49H,5-17,19-20,22-25H2,1-4H3. The van der Waals surface area contributed by atoms with E-state index in [-0.39, 0.29) is 30.7 Å². The van der Waals surface area contributed by atoms with Gasteiger partial charge in [0, 0.05) is 47.5 Å². The van der Waals surface area contributed by atoms with Crippen LogP contribution < -0.4 is 10.6 Å². The van der Waals surface area contributed by atoms with Crippen LogP contribution in [-0.4, -0.2) is 78.2 Å². The Kier molecular flexibility index (Phi) is 9.67. The zero-order chi connectivity index (χ0) is 38.4. The molecule has 13 atom stereocenters. The normalized spacial score (nSPS) is 45.5. The Hall–Kier alpha value is -2.31. The maximum Gasteiger partial charge on any atom is 0.339 e. The van der Waals surface area contributed by atoms with Crippen molar-refractivity contribution in [1.29, 1.82) is 0 Å². The van der Waals surface area contributed by atoms with Gasteiger partial charge in [-0.05, 0) is 69.3 Å². The van der Waals surface area contributed by atoms with Crippen LogP contribution in [0.5, 0.6) is 0 Å². The van der Waals surface area contributed by atoms with Crippen LogP contribution in [0.2, 0.25) is 0 Å². The number of ether oxygens (including phenoxy) is 4. The number of carbonyl (C=O) groups is 3. The van der Waals surface area contributed by atoms with Gasteiger partial charge in [-0.25, -0.2) is 4.79 Å². The molecule has 304 valence electrons. The van der Waals surface area contributed by atoms with Gasteiger partial charge in [0.2, 0.25) is 0 Å². The number of carbonyl (C=O) groups excluding carboxylic acids is 3. The van der Waals surface area contributed by atoms with Crippen LogP contribution in [0.25, 0.3) is 0 Å². The minimum Gasteiger partial charge on any atom is -0.469 e. The van der Waals surface area contributed by atoms with E-state index in [1.54, 1.807) is 6.26 Å². The minimum atomic E-state index is -1.39.